The third kappa shape index (κ3) is 2.45. The Hall–Kier alpha value is -0.670. The van der Waals surface area contributed by atoms with Crippen molar-refractivity contribution in [2.75, 3.05) is 11.5 Å². The summed E-state index contributed by atoms with van der Waals surface area (Å²) in [6, 6.07) is 3.89. The molecule has 0 aliphatic carbocycles. The van der Waals surface area contributed by atoms with E-state index in [4.69, 9.17) is 11.6 Å². The minimum absolute atomic E-state index is 0.775. The Morgan fingerprint density at radius 3 is 3.29 bits per heavy atom. The molecule has 0 radical (unpaired) electrons. The molecule has 2 aromatic rings. The van der Waals surface area contributed by atoms with Crippen molar-refractivity contribution in [2.24, 2.45) is 5.92 Å². The van der Waals surface area contributed by atoms with E-state index in [1.165, 1.54) is 30.2 Å². The second-order valence-corrected chi connectivity index (χ2v) is 6.19. The highest BCUT2D eigenvalue weighted by Crippen LogP contribution is 2.26. The molecule has 0 aromatic carbocycles. The Balaban J connectivity index is 1.84. The van der Waals surface area contributed by atoms with Gasteiger partial charge in [-0.1, -0.05) is 11.6 Å². The van der Waals surface area contributed by atoms with Crippen molar-refractivity contribution in [3.8, 4) is 0 Å². The lowest BCUT2D eigenvalue weighted by molar-refractivity contribution is 0.507. The first kappa shape index (κ1) is 11.4. The summed E-state index contributed by atoms with van der Waals surface area (Å²) in [4.78, 5) is 4.53. The van der Waals surface area contributed by atoms with Crippen molar-refractivity contribution in [2.45, 2.75) is 19.3 Å². The van der Waals surface area contributed by atoms with Crippen molar-refractivity contribution in [3.63, 3.8) is 0 Å². The van der Waals surface area contributed by atoms with Crippen LogP contribution in [-0.4, -0.2) is 20.9 Å². The van der Waals surface area contributed by atoms with E-state index in [2.05, 4.69) is 21.1 Å². The SMILES string of the molecule is Clc1ccn2c(CC3CCCSC3)ncc2c1. The second kappa shape index (κ2) is 4.91. The number of hydrogen-bond acceptors (Lipinski definition) is 2. The van der Waals surface area contributed by atoms with Gasteiger partial charge in [-0.05, 0) is 42.4 Å². The smallest absolute Gasteiger partial charge is 0.113 e. The van der Waals surface area contributed by atoms with E-state index in [0.29, 0.717) is 0 Å². The third-order valence-corrected chi connectivity index (χ3v) is 4.82. The fourth-order valence-electron chi connectivity index (χ4n) is 2.41. The lowest BCUT2D eigenvalue weighted by Crippen LogP contribution is -2.14. The van der Waals surface area contributed by atoms with E-state index >= 15 is 0 Å². The first-order valence-electron chi connectivity index (χ1n) is 6.02. The summed E-state index contributed by atoms with van der Waals surface area (Å²) < 4.78 is 2.16. The molecule has 1 atom stereocenters. The zero-order valence-corrected chi connectivity index (χ0v) is 11.2. The minimum atomic E-state index is 0.775. The molecule has 4 heteroatoms. The molecule has 0 saturated carbocycles. The van der Waals surface area contributed by atoms with Gasteiger partial charge in [0.2, 0.25) is 0 Å². The van der Waals surface area contributed by atoms with Gasteiger partial charge in [0.05, 0.1) is 11.7 Å². The van der Waals surface area contributed by atoms with Gasteiger partial charge in [0.25, 0.3) is 0 Å². The van der Waals surface area contributed by atoms with E-state index in [0.717, 1.165) is 22.9 Å². The second-order valence-electron chi connectivity index (χ2n) is 4.60. The predicted octanol–water partition coefficient (Wildman–Crippen LogP) is 3.67. The molecule has 1 aliphatic heterocycles. The largest absolute Gasteiger partial charge is 0.304 e. The third-order valence-electron chi connectivity index (χ3n) is 3.30. The Morgan fingerprint density at radius 1 is 1.53 bits per heavy atom. The Bertz CT molecular complexity index is 517. The van der Waals surface area contributed by atoms with Crippen molar-refractivity contribution in [1.29, 1.82) is 0 Å². The normalized spacial score (nSPS) is 20.9. The standard InChI is InChI=1S/C13H15ClN2S/c14-11-3-4-16-12(7-11)8-15-13(16)6-10-2-1-5-17-9-10/h3-4,7-8,10H,1-2,5-6,9H2. The fourth-order valence-corrected chi connectivity index (χ4v) is 3.73. The summed E-state index contributed by atoms with van der Waals surface area (Å²) >= 11 is 8.05. The van der Waals surface area contributed by atoms with Crippen LogP contribution in [0.25, 0.3) is 5.52 Å². The van der Waals surface area contributed by atoms with Crippen LogP contribution in [0, 0.1) is 5.92 Å². The molecule has 0 amide bonds. The highest BCUT2D eigenvalue weighted by Gasteiger charge is 2.16. The molecule has 1 fully saturated rings. The molecule has 1 aliphatic rings. The number of rotatable bonds is 2. The predicted molar refractivity (Wildman–Crippen MR) is 74.0 cm³/mol. The summed E-state index contributed by atoms with van der Waals surface area (Å²) in [6.07, 6.45) is 7.72. The van der Waals surface area contributed by atoms with Gasteiger partial charge in [0, 0.05) is 17.6 Å². The van der Waals surface area contributed by atoms with Crippen molar-refractivity contribution >= 4 is 28.9 Å². The topological polar surface area (TPSA) is 17.3 Å². The van der Waals surface area contributed by atoms with Gasteiger partial charge in [-0.3, -0.25) is 0 Å². The van der Waals surface area contributed by atoms with Crippen molar-refractivity contribution in [3.05, 3.63) is 35.4 Å². The van der Waals surface area contributed by atoms with Crippen LogP contribution in [0.5, 0.6) is 0 Å². The summed E-state index contributed by atoms with van der Waals surface area (Å²) in [6.45, 7) is 0. The Morgan fingerprint density at radius 2 is 2.47 bits per heavy atom. The van der Waals surface area contributed by atoms with Gasteiger partial charge >= 0.3 is 0 Å². The molecular formula is C13H15ClN2S. The van der Waals surface area contributed by atoms with Crippen LogP contribution in [0.15, 0.2) is 24.5 Å². The monoisotopic (exact) mass is 266 g/mol. The molecule has 0 N–H and O–H groups in total. The molecule has 17 heavy (non-hydrogen) atoms. The van der Waals surface area contributed by atoms with E-state index in [9.17, 15) is 0 Å². The van der Waals surface area contributed by atoms with Crippen LogP contribution < -0.4 is 0 Å². The maximum absolute atomic E-state index is 5.98. The highest BCUT2D eigenvalue weighted by molar-refractivity contribution is 7.99. The van der Waals surface area contributed by atoms with Crippen LogP contribution in [0.3, 0.4) is 0 Å². The van der Waals surface area contributed by atoms with Crippen molar-refractivity contribution in [1.82, 2.24) is 9.38 Å². The summed E-state index contributed by atoms with van der Waals surface area (Å²) in [5, 5.41) is 0.775. The van der Waals surface area contributed by atoms with Crippen LogP contribution in [0.1, 0.15) is 18.7 Å². The Labute approximate surface area is 110 Å². The first-order valence-corrected chi connectivity index (χ1v) is 7.55. The van der Waals surface area contributed by atoms with Gasteiger partial charge in [0.15, 0.2) is 0 Å². The number of halogens is 1. The van der Waals surface area contributed by atoms with Crippen LogP contribution in [-0.2, 0) is 6.42 Å². The maximum atomic E-state index is 5.98. The molecule has 0 bridgehead atoms. The number of fused-ring (bicyclic) bond motifs is 1. The maximum Gasteiger partial charge on any atom is 0.113 e. The van der Waals surface area contributed by atoms with Gasteiger partial charge < -0.3 is 4.40 Å². The number of hydrogen-bond donors (Lipinski definition) is 0. The number of thioether (sulfide) groups is 1. The fraction of sp³-hybridized carbons (Fsp3) is 0.462. The molecule has 3 rings (SSSR count). The van der Waals surface area contributed by atoms with Crippen LogP contribution >= 0.6 is 23.4 Å². The molecule has 3 heterocycles. The van der Waals surface area contributed by atoms with Gasteiger partial charge in [-0.2, -0.15) is 11.8 Å². The van der Waals surface area contributed by atoms with Crippen molar-refractivity contribution < 1.29 is 0 Å². The molecule has 0 spiro atoms. The zero-order chi connectivity index (χ0) is 11.7. The molecular weight excluding hydrogens is 252 g/mol. The van der Waals surface area contributed by atoms with Gasteiger partial charge in [0.1, 0.15) is 5.82 Å². The molecule has 2 nitrogen and oxygen atoms in total. The van der Waals surface area contributed by atoms with Gasteiger partial charge in [-0.15, -0.1) is 0 Å². The minimum Gasteiger partial charge on any atom is -0.304 e. The number of aromatic nitrogens is 2. The molecule has 1 unspecified atom stereocenters. The number of pyridine rings is 1. The molecule has 2 aromatic heterocycles. The lowest BCUT2D eigenvalue weighted by Gasteiger charge is -2.20. The average Bonchev–Trinajstić information content (AvgIpc) is 2.73. The number of imidazole rings is 1. The summed E-state index contributed by atoms with van der Waals surface area (Å²) in [7, 11) is 0. The summed E-state index contributed by atoms with van der Waals surface area (Å²) in [5.74, 6) is 4.57. The van der Waals surface area contributed by atoms with Gasteiger partial charge in [-0.25, -0.2) is 4.98 Å². The number of nitrogens with zero attached hydrogens (tertiary/aromatic N) is 2. The molecule has 1 saturated heterocycles. The zero-order valence-electron chi connectivity index (χ0n) is 9.60. The van der Waals surface area contributed by atoms with E-state index < -0.39 is 0 Å². The lowest BCUT2D eigenvalue weighted by atomic mass is 10.0. The van der Waals surface area contributed by atoms with Crippen LogP contribution in [0.4, 0.5) is 0 Å². The molecule has 90 valence electrons. The Kier molecular flexibility index (Phi) is 3.30. The first-order chi connectivity index (χ1) is 8.33. The quantitative estimate of drug-likeness (QED) is 0.825. The summed E-state index contributed by atoms with van der Waals surface area (Å²) in [5.41, 5.74) is 1.09. The average molecular weight is 267 g/mol. The van der Waals surface area contributed by atoms with E-state index in [1.54, 1.807) is 0 Å². The van der Waals surface area contributed by atoms with E-state index in [-0.39, 0.29) is 0 Å². The van der Waals surface area contributed by atoms with Crippen LogP contribution in [0.2, 0.25) is 5.02 Å². The van der Waals surface area contributed by atoms with E-state index in [1.807, 2.05) is 24.5 Å². The highest BCUT2D eigenvalue weighted by atomic mass is 35.5.